The van der Waals surface area contributed by atoms with Crippen LogP contribution in [0.4, 0.5) is 45.2 Å². The van der Waals surface area contributed by atoms with Gasteiger partial charge in [-0.1, -0.05) is 209 Å². The molecule has 12 aromatic rings. The monoisotopic (exact) mass is 2100 g/mol. The number of ether oxygens (including phenoxy) is 5. The number of nitrogens with one attached hydrogen (secondary N) is 3. The number of fused-ring (bicyclic) bond motifs is 5. The number of aromatic amines is 2. The first kappa shape index (κ1) is 110. The summed E-state index contributed by atoms with van der Waals surface area (Å²) in [6, 6.07) is 45.3. The van der Waals surface area contributed by atoms with E-state index in [0.29, 0.717) is 87.4 Å². The van der Waals surface area contributed by atoms with Gasteiger partial charge in [-0.05, 0) is 173 Å². The number of nitrogens with zero attached hydrogens (tertiary/aromatic N) is 4. The topological polar surface area (TPSA) is 264 Å². The second kappa shape index (κ2) is 51.9. The molecule has 1 radical (unpaired) electrons. The summed E-state index contributed by atoms with van der Waals surface area (Å²) in [4.78, 5) is 71.0. The number of rotatable bonds is 18. The van der Waals surface area contributed by atoms with Crippen molar-refractivity contribution in [2.45, 2.75) is 105 Å². The van der Waals surface area contributed by atoms with Gasteiger partial charge in [-0.15, -0.1) is 49.7 Å². The number of azo groups is 1. The molecule has 0 atom stereocenters. The number of carbonyl (C=O) groups excluding carboxylic acids is 5. The van der Waals surface area contributed by atoms with Crippen molar-refractivity contribution in [1.82, 2.24) is 19.1 Å². The normalized spacial score (nSPS) is 11.3. The maximum atomic E-state index is 12.5. The Hall–Kier alpha value is -7.78. The second-order valence-corrected chi connectivity index (χ2v) is 35.1. The Bertz CT molecular complexity index is 5720. The minimum Gasteiger partial charge on any atom is -0.481 e. The largest absolute Gasteiger partial charge is 0.573 e. The molecule has 13 rings (SSSR count). The number of halogens is 22. The number of carbonyl (C=O) groups is 6. The number of esters is 2. The predicted octanol–water partition coefficient (Wildman–Crippen LogP) is 28.5. The summed E-state index contributed by atoms with van der Waals surface area (Å²) in [5.74, 6) is -2.96. The summed E-state index contributed by atoms with van der Waals surface area (Å²) in [7, 11) is 0. The van der Waals surface area contributed by atoms with E-state index in [-0.39, 0.29) is 129 Å². The first-order chi connectivity index (χ1) is 56.8. The number of carboxylic acid groups (broad SMARTS) is 1. The molecule has 673 valence electrons. The molecular formula is C80H70BrCl12CuF9N7O13P. The van der Waals surface area contributed by atoms with Gasteiger partial charge in [0.05, 0.1) is 49.9 Å². The fraction of sp³-hybridized carbons (Fsp3) is 0.225. The number of benzene rings is 8. The van der Waals surface area contributed by atoms with Gasteiger partial charge in [0.15, 0.2) is 0 Å². The number of aromatic nitrogens is 4. The third-order valence-electron chi connectivity index (χ3n) is 15.5. The average molecular weight is 2110 g/mol. The molecule has 0 aliphatic carbocycles. The molecule has 3 amide bonds. The van der Waals surface area contributed by atoms with Crippen LogP contribution in [0, 0.1) is 0 Å². The van der Waals surface area contributed by atoms with Crippen molar-refractivity contribution in [3.05, 3.63) is 255 Å². The van der Waals surface area contributed by atoms with Crippen LogP contribution in [-0.4, -0.2) is 92.6 Å². The van der Waals surface area contributed by atoms with Gasteiger partial charge in [0.25, 0.3) is 12.3 Å². The fourth-order valence-electron chi connectivity index (χ4n) is 10.9. The molecule has 1 aliphatic rings. The number of hydrogen-bond acceptors (Lipinski definition) is 12. The van der Waals surface area contributed by atoms with Crippen LogP contribution in [0.2, 0.25) is 45.7 Å². The summed E-state index contributed by atoms with van der Waals surface area (Å²) in [6.07, 6.45) is -13.4. The number of anilines is 1. The van der Waals surface area contributed by atoms with Crippen molar-refractivity contribution in [2.75, 3.05) is 18.5 Å². The van der Waals surface area contributed by atoms with Crippen LogP contribution in [0.1, 0.15) is 81.0 Å². The molecule has 0 fully saturated rings. The molecule has 44 heteroatoms. The van der Waals surface area contributed by atoms with Gasteiger partial charge in [-0.25, -0.2) is 0 Å². The van der Waals surface area contributed by atoms with E-state index >= 15 is 0 Å². The van der Waals surface area contributed by atoms with E-state index in [4.69, 9.17) is 119 Å². The van der Waals surface area contributed by atoms with Gasteiger partial charge in [0.2, 0.25) is 5.91 Å². The van der Waals surface area contributed by atoms with E-state index in [9.17, 15) is 72.8 Å². The van der Waals surface area contributed by atoms with E-state index < -0.39 is 36.2 Å². The van der Waals surface area contributed by atoms with Crippen molar-refractivity contribution in [3.8, 4) is 17.2 Å². The second-order valence-electron chi connectivity index (χ2n) is 24.2. The summed E-state index contributed by atoms with van der Waals surface area (Å²) in [6.45, 7) is 6.01. The quantitative estimate of drug-likeness (QED) is 0.0119. The first-order valence-corrected chi connectivity index (χ1v) is 43.3. The molecule has 20 nitrogen and oxygen atoms in total. The molecule has 0 saturated heterocycles. The number of alkyl halides is 10. The Labute approximate surface area is 781 Å². The molecule has 0 unspecified atom stereocenters. The summed E-state index contributed by atoms with van der Waals surface area (Å²) >= 11 is 71.2. The molecule has 0 spiro atoms. The molecule has 124 heavy (non-hydrogen) atoms. The van der Waals surface area contributed by atoms with E-state index in [1.807, 2.05) is 36.4 Å². The van der Waals surface area contributed by atoms with E-state index in [1.165, 1.54) is 54.6 Å². The Balaban J connectivity index is 0.000000383. The van der Waals surface area contributed by atoms with Gasteiger partial charge >= 0.3 is 42.2 Å². The average Bonchev–Trinajstić information content (AvgIpc) is 1.62. The maximum Gasteiger partial charge on any atom is 0.573 e. The number of H-pyrrole nitrogens is 2. The smallest absolute Gasteiger partial charge is 0.481 e. The molecule has 5 heterocycles. The van der Waals surface area contributed by atoms with Crippen LogP contribution < -0.4 is 19.5 Å². The fourth-order valence-corrected chi connectivity index (χ4v) is 13.2. The van der Waals surface area contributed by atoms with Crippen LogP contribution in [0.5, 0.6) is 17.2 Å². The van der Waals surface area contributed by atoms with Crippen molar-refractivity contribution in [1.29, 1.82) is 0 Å². The number of aliphatic carboxylic acids is 1. The van der Waals surface area contributed by atoms with Crippen LogP contribution in [0.15, 0.2) is 180 Å². The Morgan fingerprint density at radius 3 is 1.37 bits per heavy atom. The number of hydrogen-bond donors (Lipinski definition) is 4. The van der Waals surface area contributed by atoms with Gasteiger partial charge in [0.1, 0.15) is 37.9 Å². The molecule has 4 N–H and O–H groups in total. The number of amides is 3. The standard InChI is InChI=1S/C20H16Cl2F3NO3.C18H12Cl2F3NO3.C12H11Cl2NO2.C8H6BrF3O.C8H5Cl2N.C8H6ClNO.C4H6N2O2.2CH4.Cl3OP.Cu/c1-2-28-18(27)10-16-15-7-6-13(21)9-17(15)26(19(16)22)11-12-4-3-5-14(8-12)29-20(23,24)25;19-11-4-5-13-14(8-16(25)26)17(20)24(15(13)7-11)9-10-2-1-3-12(6-10)27-18(21,22)23;1-2-17-11(16)6-9-8-4-3-7(13)5-10(8)15-12(9)14;9-5-6-2-1-3-7(4-6)13-8(10,11)12;9-6-2-1-5-3-8(10)11-7(5)4-6;9-6-2-1-5-3-8(11)10-7(5)4-6;1-2-4(8)6-5-3-7;;;1-5(2,3)4;/h3-9H,2,10-11H2,1H3;1-7H,8-9H2,(H,25,26);3-5,15H,2,6H2,1H3;1-4H,5H2;1-4,11H;1-2,4H,3H2,(H,10,11);3H,2H2,1H3;2*1H4;;. The van der Waals surface area contributed by atoms with Crippen molar-refractivity contribution >= 4 is 245 Å². The van der Waals surface area contributed by atoms with E-state index in [1.54, 1.807) is 109 Å². The summed E-state index contributed by atoms with van der Waals surface area (Å²) in [5, 5.41) is 22.7. The Morgan fingerprint density at radius 1 is 0.532 bits per heavy atom. The maximum absolute atomic E-state index is 12.5. The van der Waals surface area contributed by atoms with Crippen LogP contribution in [0.3, 0.4) is 0 Å². The molecule has 1 aliphatic heterocycles. The van der Waals surface area contributed by atoms with Crippen LogP contribution in [-0.2, 0) is 104 Å². The summed E-state index contributed by atoms with van der Waals surface area (Å²) in [5.41, 5.74) is 8.42. The predicted molar refractivity (Wildman–Crippen MR) is 471 cm³/mol. The van der Waals surface area contributed by atoms with Gasteiger partial charge in [-0.2, -0.15) is 0 Å². The van der Waals surface area contributed by atoms with Gasteiger partial charge < -0.3 is 53.2 Å². The summed E-state index contributed by atoms with van der Waals surface area (Å²) < 4.78 is 144. The minimum absolute atomic E-state index is 0. The Kier molecular flexibility index (Phi) is 46.2. The van der Waals surface area contributed by atoms with Crippen molar-refractivity contribution < 1.29 is 119 Å². The Morgan fingerprint density at radius 2 is 0.935 bits per heavy atom. The molecular weight excluding hydrogens is 2040 g/mol. The number of carboxylic acids is 1. The van der Waals surface area contributed by atoms with Crippen molar-refractivity contribution in [2.24, 2.45) is 10.2 Å². The first-order valence-electron chi connectivity index (χ1n) is 34.4. The third-order valence-corrected chi connectivity index (χ3v) is 18.7. The van der Waals surface area contributed by atoms with E-state index in [0.717, 1.165) is 54.6 Å². The molecule has 8 aromatic carbocycles. The third kappa shape index (κ3) is 38.0. The minimum atomic E-state index is -4.79. The zero-order valence-electron chi connectivity index (χ0n) is 62.5. The van der Waals surface area contributed by atoms with Crippen molar-refractivity contribution in [3.63, 3.8) is 0 Å². The van der Waals surface area contributed by atoms with E-state index in [2.05, 4.69) is 89.4 Å². The zero-order valence-corrected chi connectivity index (χ0v) is 75.0. The van der Waals surface area contributed by atoms with Crippen LogP contribution >= 0.6 is 159 Å². The van der Waals surface area contributed by atoms with Gasteiger partial charge in [-0.3, -0.25) is 33.3 Å². The molecule has 4 aromatic heterocycles. The van der Waals surface area contributed by atoms with Crippen LogP contribution in [0.25, 0.3) is 43.6 Å². The molecule has 0 saturated carbocycles. The zero-order chi connectivity index (χ0) is 89.9. The SMILES string of the molecule is C.C.CCC(=O)N=NC=O.CCOC(=O)Cc1c(Cl)[nH]c2cc(Cl)ccc12.CCOC(=O)Cc1c(Cl)n(Cc2cccc(OC(F)(F)F)c2)c2cc(Cl)ccc12.Clc1ccc2cc(Cl)[nH]c2c1.FC(F)(F)Oc1cccc(CBr)c1.O=C(O)Cc1c(Cl)n(Cc2cccc(OC(F)(F)F)c2)c2cc(Cl)ccc12.O=C1Cc2ccc(Cl)cc2N1.O=P(Cl)(Cl)Cl.[Cu]. The van der Waals surface area contributed by atoms with Gasteiger partial charge in [0, 0.05) is 122 Å². The molecule has 0 bridgehead atoms.